The van der Waals surface area contributed by atoms with E-state index in [4.69, 9.17) is 9.84 Å². The summed E-state index contributed by atoms with van der Waals surface area (Å²) in [6, 6.07) is 16.3. The van der Waals surface area contributed by atoms with Crippen molar-refractivity contribution < 1.29 is 41.4 Å². The lowest BCUT2D eigenvalue weighted by Gasteiger charge is -2.18. The van der Waals surface area contributed by atoms with Gasteiger partial charge in [-0.2, -0.15) is 13.2 Å². The maximum atomic E-state index is 13.7. The van der Waals surface area contributed by atoms with Crippen LogP contribution in [0.15, 0.2) is 85.1 Å². The van der Waals surface area contributed by atoms with Gasteiger partial charge in [0, 0.05) is 12.3 Å². The molecule has 4 aromatic rings. The lowest BCUT2D eigenvalue weighted by atomic mass is 9.87. The molecule has 1 aromatic heterocycles. The lowest BCUT2D eigenvalue weighted by Crippen LogP contribution is -2.14. The molecular formula is C30H25F5N2O4. The predicted octanol–water partition coefficient (Wildman–Crippen LogP) is 8.11. The van der Waals surface area contributed by atoms with E-state index in [1.165, 1.54) is 24.4 Å². The van der Waals surface area contributed by atoms with Gasteiger partial charge in [0.05, 0.1) is 16.8 Å². The molecule has 0 fully saturated rings. The Hall–Kier alpha value is -4.80. The van der Waals surface area contributed by atoms with Gasteiger partial charge in [-0.25, -0.2) is 18.6 Å². The number of carbonyl (C=O) groups excluding carboxylic acids is 1. The number of carboxylic acids is 1. The fraction of sp³-hybridized carbons (Fsp3) is 0.167. The summed E-state index contributed by atoms with van der Waals surface area (Å²) in [6.07, 6.45) is -3.29. The minimum Gasteiger partial charge on any atom is -0.478 e. The van der Waals surface area contributed by atoms with Gasteiger partial charge in [-0.1, -0.05) is 39.0 Å². The molecule has 0 spiro atoms. The fourth-order valence-corrected chi connectivity index (χ4v) is 3.39. The predicted molar refractivity (Wildman–Crippen MR) is 142 cm³/mol. The number of nitrogens with one attached hydrogen (secondary N) is 1. The van der Waals surface area contributed by atoms with Crippen LogP contribution in [0.5, 0.6) is 11.6 Å². The molecule has 4 rings (SSSR count). The van der Waals surface area contributed by atoms with Gasteiger partial charge in [0.1, 0.15) is 22.9 Å². The van der Waals surface area contributed by atoms with Gasteiger partial charge < -0.3 is 15.2 Å². The average Bonchev–Trinajstić information content (AvgIpc) is 2.90. The van der Waals surface area contributed by atoms with Crippen LogP contribution in [0, 0.1) is 11.6 Å². The van der Waals surface area contributed by atoms with Crippen molar-refractivity contribution >= 4 is 17.6 Å². The third-order valence-corrected chi connectivity index (χ3v) is 5.57. The molecule has 3 aromatic carbocycles. The van der Waals surface area contributed by atoms with Crippen LogP contribution in [0.25, 0.3) is 0 Å². The molecule has 0 atom stereocenters. The summed E-state index contributed by atoms with van der Waals surface area (Å²) >= 11 is 0. The minimum absolute atomic E-state index is 0.0804. The van der Waals surface area contributed by atoms with Gasteiger partial charge in [0.15, 0.2) is 0 Å². The van der Waals surface area contributed by atoms with Crippen molar-refractivity contribution in [2.75, 3.05) is 5.32 Å². The largest absolute Gasteiger partial charge is 0.478 e. The first-order valence-electron chi connectivity index (χ1n) is 12.1. The molecule has 1 heterocycles. The highest BCUT2D eigenvalue weighted by atomic mass is 19.4. The molecule has 2 N–H and O–H groups in total. The van der Waals surface area contributed by atoms with Crippen molar-refractivity contribution in [1.82, 2.24) is 4.98 Å². The van der Waals surface area contributed by atoms with Crippen LogP contribution in [-0.2, 0) is 11.6 Å². The normalized spacial score (nSPS) is 11.2. The quantitative estimate of drug-likeness (QED) is 0.236. The van der Waals surface area contributed by atoms with E-state index in [-0.39, 0.29) is 28.3 Å². The Morgan fingerprint density at radius 1 is 0.854 bits per heavy atom. The molecule has 1 amide bonds. The zero-order valence-electron chi connectivity index (χ0n) is 22.1. The number of hydrogen-bond acceptors (Lipinski definition) is 4. The summed E-state index contributed by atoms with van der Waals surface area (Å²) in [4.78, 5) is 26.8. The van der Waals surface area contributed by atoms with E-state index in [0.29, 0.717) is 11.6 Å². The Morgan fingerprint density at radius 3 is 2.12 bits per heavy atom. The molecule has 0 saturated carbocycles. The highest BCUT2D eigenvalue weighted by Gasteiger charge is 2.30. The first kappa shape index (κ1) is 30.7. The standard InChI is InChI=1S/C19H11F5N2O2.C11H14O2/c20-12-6-7-16(15(21)10-12)26-17(27)14-5-2-8-25-18(14)28-13-4-1-3-11(9-13)19(22,23)24;1-11(2,3)9-6-4-8(5-7-9)10(12)13/h1-10H,(H,26,27);4-7H,1-3H3,(H,12,13). The van der Waals surface area contributed by atoms with E-state index in [2.05, 4.69) is 31.1 Å². The van der Waals surface area contributed by atoms with Crippen molar-refractivity contribution in [3.05, 3.63) is 119 Å². The molecule has 41 heavy (non-hydrogen) atoms. The topological polar surface area (TPSA) is 88.5 Å². The van der Waals surface area contributed by atoms with Crippen LogP contribution < -0.4 is 10.1 Å². The number of carbonyl (C=O) groups is 2. The number of amides is 1. The summed E-state index contributed by atoms with van der Waals surface area (Å²) in [5, 5.41) is 10.9. The number of halogens is 5. The van der Waals surface area contributed by atoms with Gasteiger partial charge in [-0.05, 0) is 65.6 Å². The molecule has 0 aliphatic rings. The van der Waals surface area contributed by atoms with Crippen LogP contribution in [-0.4, -0.2) is 22.0 Å². The molecular weight excluding hydrogens is 547 g/mol. The second-order valence-corrected chi connectivity index (χ2v) is 9.69. The van der Waals surface area contributed by atoms with Crippen LogP contribution in [0.1, 0.15) is 52.6 Å². The van der Waals surface area contributed by atoms with Crippen LogP contribution in [0.2, 0.25) is 0 Å². The lowest BCUT2D eigenvalue weighted by molar-refractivity contribution is -0.137. The van der Waals surface area contributed by atoms with E-state index in [0.717, 1.165) is 35.9 Å². The first-order chi connectivity index (χ1) is 19.1. The molecule has 0 aliphatic carbocycles. The van der Waals surface area contributed by atoms with E-state index in [1.54, 1.807) is 12.1 Å². The Bertz CT molecular complexity index is 1530. The molecule has 6 nitrogen and oxygen atoms in total. The number of carboxylic acid groups (broad SMARTS) is 1. The monoisotopic (exact) mass is 572 g/mol. The van der Waals surface area contributed by atoms with Crippen LogP contribution in [0.3, 0.4) is 0 Å². The van der Waals surface area contributed by atoms with E-state index in [9.17, 15) is 31.5 Å². The van der Waals surface area contributed by atoms with E-state index in [1.807, 2.05) is 12.1 Å². The zero-order chi connectivity index (χ0) is 30.4. The van der Waals surface area contributed by atoms with Crippen LogP contribution in [0.4, 0.5) is 27.6 Å². The molecule has 0 bridgehead atoms. The van der Waals surface area contributed by atoms with Crippen molar-refractivity contribution in [3.8, 4) is 11.6 Å². The second kappa shape index (κ2) is 12.6. The Kier molecular flexibility index (Phi) is 9.43. The Labute approximate surface area is 232 Å². The van der Waals surface area contributed by atoms with Gasteiger partial charge >= 0.3 is 12.1 Å². The van der Waals surface area contributed by atoms with Crippen molar-refractivity contribution in [2.24, 2.45) is 0 Å². The molecule has 0 aliphatic heterocycles. The maximum Gasteiger partial charge on any atom is 0.416 e. The highest BCUT2D eigenvalue weighted by Crippen LogP contribution is 2.33. The number of ether oxygens (including phenoxy) is 1. The van der Waals surface area contributed by atoms with Gasteiger partial charge in [0.2, 0.25) is 5.88 Å². The Balaban J connectivity index is 0.000000298. The average molecular weight is 573 g/mol. The van der Waals surface area contributed by atoms with E-state index < -0.39 is 35.3 Å². The van der Waals surface area contributed by atoms with Gasteiger partial charge in [-0.15, -0.1) is 0 Å². The smallest absolute Gasteiger partial charge is 0.416 e. The third-order valence-electron chi connectivity index (χ3n) is 5.57. The number of benzene rings is 3. The molecule has 0 unspecified atom stereocenters. The first-order valence-corrected chi connectivity index (χ1v) is 12.1. The SMILES string of the molecule is CC(C)(C)c1ccc(C(=O)O)cc1.O=C(Nc1ccc(F)cc1F)c1cccnc1Oc1cccc(C(F)(F)F)c1. The van der Waals surface area contributed by atoms with Gasteiger partial charge in [-0.3, -0.25) is 4.79 Å². The van der Waals surface area contributed by atoms with Crippen molar-refractivity contribution in [3.63, 3.8) is 0 Å². The fourth-order valence-electron chi connectivity index (χ4n) is 3.39. The van der Waals surface area contributed by atoms with Crippen LogP contribution >= 0.6 is 0 Å². The number of pyridine rings is 1. The third kappa shape index (κ3) is 8.59. The summed E-state index contributed by atoms with van der Waals surface area (Å²) in [5.41, 5.74) is 0.214. The number of alkyl halides is 3. The second-order valence-electron chi connectivity index (χ2n) is 9.69. The molecule has 214 valence electrons. The number of hydrogen-bond donors (Lipinski definition) is 2. The summed E-state index contributed by atoms with van der Waals surface area (Å²) in [6.45, 7) is 6.30. The summed E-state index contributed by atoms with van der Waals surface area (Å²) in [7, 11) is 0. The Morgan fingerprint density at radius 2 is 1.54 bits per heavy atom. The number of aromatic carboxylic acids is 1. The van der Waals surface area contributed by atoms with Crippen molar-refractivity contribution in [2.45, 2.75) is 32.4 Å². The summed E-state index contributed by atoms with van der Waals surface area (Å²) < 4.78 is 70.5. The molecule has 0 radical (unpaired) electrons. The number of nitrogens with zero attached hydrogens (tertiary/aromatic N) is 1. The highest BCUT2D eigenvalue weighted by molar-refractivity contribution is 6.05. The summed E-state index contributed by atoms with van der Waals surface area (Å²) in [5.74, 6) is -3.97. The minimum atomic E-state index is -4.57. The molecule has 11 heteroatoms. The number of anilines is 1. The number of aromatic nitrogens is 1. The van der Waals surface area contributed by atoms with Gasteiger partial charge in [0.25, 0.3) is 5.91 Å². The number of rotatable bonds is 5. The van der Waals surface area contributed by atoms with E-state index >= 15 is 0 Å². The maximum absolute atomic E-state index is 13.7. The zero-order valence-corrected chi connectivity index (χ0v) is 22.1. The molecule has 0 saturated heterocycles. The van der Waals surface area contributed by atoms with Crippen molar-refractivity contribution in [1.29, 1.82) is 0 Å².